The fourth-order valence-electron chi connectivity index (χ4n) is 1.70. The first-order chi connectivity index (χ1) is 8.79. The predicted octanol–water partition coefficient (Wildman–Crippen LogP) is 3.27. The Morgan fingerprint density at radius 1 is 1.50 bits per heavy atom. The number of thioether (sulfide) groups is 1. The van der Waals surface area contributed by atoms with Gasteiger partial charge < -0.3 is 10.1 Å². The molecule has 18 heavy (non-hydrogen) atoms. The van der Waals surface area contributed by atoms with Crippen LogP contribution in [0.25, 0.3) is 0 Å². The molecule has 102 valence electrons. The lowest BCUT2D eigenvalue weighted by atomic mass is 10.1. The summed E-state index contributed by atoms with van der Waals surface area (Å²) in [6, 6.07) is 4.54. The zero-order valence-electron chi connectivity index (χ0n) is 11.6. The number of rotatable bonds is 9. The van der Waals surface area contributed by atoms with Crippen molar-refractivity contribution in [3.8, 4) is 0 Å². The molecule has 0 aliphatic carbocycles. The Hall–Kier alpha value is -0.580. The van der Waals surface area contributed by atoms with Gasteiger partial charge in [0.25, 0.3) is 0 Å². The van der Waals surface area contributed by atoms with Crippen molar-refractivity contribution in [1.82, 2.24) is 10.3 Å². The van der Waals surface area contributed by atoms with Gasteiger partial charge in [-0.05, 0) is 32.4 Å². The monoisotopic (exact) mass is 268 g/mol. The van der Waals surface area contributed by atoms with Gasteiger partial charge in [-0.2, -0.15) is 0 Å². The highest BCUT2D eigenvalue weighted by molar-refractivity contribution is 7.99. The van der Waals surface area contributed by atoms with Gasteiger partial charge in [0.2, 0.25) is 0 Å². The molecule has 0 spiro atoms. The fraction of sp³-hybridized carbons (Fsp3) is 0.643. The Balaban J connectivity index is 2.55. The molecule has 1 N–H and O–H groups in total. The maximum absolute atomic E-state index is 5.06. The Kier molecular flexibility index (Phi) is 8.05. The standard InChI is InChI=1S/C14H24N2OS/c1-4-8-15-12(2)13-7-5-9-16-14(13)18-11-6-10-17-3/h5,7,9,12,15H,4,6,8,10-11H2,1-3H3. The van der Waals surface area contributed by atoms with Crippen molar-refractivity contribution < 1.29 is 4.74 Å². The van der Waals surface area contributed by atoms with Crippen LogP contribution in [0.3, 0.4) is 0 Å². The number of ether oxygens (including phenoxy) is 1. The largest absolute Gasteiger partial charge is 0.385 e. The highest BCUT2D eigenvalue weighted by Gasteiger charge is 2.10. The number of nitrogens with one attached hydrogen (secondary N) is 1. The predicted molar refractivity (Wildman–Crippen MR) is 78.2 cm³/mol. The average molecular weight is 268 g/mol. The van der Waals surface area contributed by atoms with Crippen molar-refractivity contribution in [2.45, 2.75) is 37.8 Å². The maximum atomic E-state index is 5.06. The molecule has 1 rings (SSSR count). The zero-order valence-corrected chi connectivity index (χ0v) is 12.4. The topological polar surface area (TPSA) is 34.2 Å². The molecular weight excluding hydrogens is 244 g/mol. The molecule has 0 bridgehead atoms. The van der Waals surface area contributed by atoms with E-state index in [1.807, 2.05) is 24.0 Å². The summed E-state index contributed by atoms with van der Waals surface area (Å²) >= 11 is 1.82. The third-order valence-corrected chi connectivity index (χ3v) is 3.81. The van der Waals surface area contributed by atoms with E-state index >= 15 is 0 Å². The van der Waals surface area contributed by atoms with Gasteiger partial charge in [-0.15, -0.1) is 11.8 Å². The first-order valence-corrected chi connectivity index (χ1v) is 7.58. The van der Waals surface area contributed by atoms with Crippen LogP contribution in [0.2, 0.25) is 0 Å². The van der Waals surface area contributed by atoms with Crippen molar-refractivity contribution in [3.63, 3.8) is 0 Å². The Bertz CT molecular complexity index is 333. The molecular formula is C14H24N2OS. The minimum absolute atomic E-state index is 0.364. The smallest absolute Gasteiger partial charge is 0.101 e. The number of hydrogen-bond donors (Lipinski definition) is 1. The van der Waals surface area contributed by atoms with Crippen molar-refractivity contribution in [2.75, 3.05) is 26.0 Å². The van der Waals surface area contributed by atoms with Crippen LogP contribution in [0, 0.1) is 0 Å². The molecule has 1 aromatic heterocycles. The van der Waals surface area contributed by atoms with Gasteiger partial charge in [-0.3, -0.25) is 0 Å². The van der Waals surface area contributed by atoms with E-state index in [0.717, 1.165) is 36.8 Å². The molecule has 0 fully saturated rings. The minimum Gasteiger partial charge on any atom is -0.385 e. The summed E-state index contributed by atoms with van der Waals surface area (Å²) in [6.07, 6.45) is 4.09. The lowest BCUT2D eigenvalue weighted by molar-refractivity contribution is 0.200. The molecule has 1 atom stereocenters. The maximum Gasteiger partial charge on any atom is 0.101 e. The SMILES string of the molecule is CCCNC(C)c1cccnc1SCCCOC. The minimum atomic E-state index is 0.364. The number of aromatic nitrogens is 1. The van der Waals surface area contributed by atoms with Crippen molar-refractivity contribution in [3.05, 3.63) is 23.9 Å². The fourth-order valence-corrected chi connectivity index (χ4v) is 2.70. The van der Waals surface area contributed by atoms with Crippen molar-refractivity contribution in [2.24, 2.45) is 0 Å². The summed E-state index contributed by atoms with van der Waals surface area (Å²) in [4.78, 5) is 4.49. The summed E-state index contributed by atoms with van der Waals surface area (Å²) in [6.45, 7) is 6.25. The van der Waals surface area contributed by atoms with Crippen molar-refractivity contribution in [1.29, 1.82) is 0 Å². The normalized spacial score (nSPS) is 12.6. The zero-order chi connectivity index (χ0) is 13.2. The Morgan fingerprint density at radius 2 is 2.33 bits per heavy atom. The second-order valence-corrected chi connectivity index (χ2v) is 5.35. The molecule has 0 radical (unpaired) electrons. The second-order valence-electron chi connectivity index (χ2n) is 4.27. The first kappa shape index (κ1) is 15.5. The Labute approximate surface area is 115 Å². The van der Waals surface area contributed by atoms with E-state index in [4.69, 9.17) is 4.74 Å². The lowest BCUT2D eigenvalue weighted by Crippen LogP contribution is -2.20. The molecule has 1 heterocycles. The first-order valence-electron chi connectivity index (χ1n) is 6.59. The van der Waals surface area contributed by atoms with Crippen LogP contribution in [0.4, 0.5) is 0 Å². The van der Waals surface area contributed by atoms with E-state index < -0.39 is 0 Å². The molecule has 0 amide bonds. The van der Waals surface area contributed by atoms with Crippen LogP contribution >= 0.6 is 11.8 Å². The molecule has 1 unspecified atom stereocenters. The molecule has 0 aliphatic heterocycles. The van der Waals surface area contributed by atoms with Crippen LogP contribution in [0.5, 0.6) is 0 Å². The number of nitrogens with zero attached hydrogens (tertiary/aromatic N) is 1. The quantitative estimate of drug-likeness (QED) is 0.550. The molecule has 0 saturated carbocycles. The van der Waals surface area contributed by atoms with E-state index in [2.05, 4.69) is 30.2 Å². The van der Waals surface area contributed by atoms with Gasteiger partial charge in [0.15, 0.2) is 0 Å². The van der Waals surface area contributed by atoms with Gasteiger partial charge in [0.05, 0.1) is 0 Å². The summed E-state index contributed by atoms with van der Waals surface area (Å²) in [5.41, 5.74) is 1.30. The third kappa shape index (κ3) is 5.38. The summed E-state index contributed by atoms with van der Waals surface area (Å²) in [5.74, 6) is 1.05. The van der Waals surface area contributed by atoms with E-state index in [1.165, 1.54) is 5.56 Å². The van der Waals surface area contributed by atoms with Gasteiger partial charge in [-0.25, -0.2) is 4.98 Å². The summed E-state index contributed by atoms with van der Waals surface area (Å²) < 4.78 is 5.06. The summed E-state index contributed by atoms with van der Waals surface area (Å²) in [5, 5.41) is 4.66. The molecule has 3 nitrogen and oxygen atoms in total. The van der Waals surface area contributed by atoms with Crippen LogP contribution in [-0.4, -0.2) is 31.0 Å². The molecule has 4 heteroatoms. The van der Waals surface area contributed by atoms with Gasteiger partial charge in [-0.1, -0.05) is 13.0 Å². The Morgan fingerprint density at radius 3 is 3.06 bits per heavy atom. The number of pyridine rings is 1. The van der Waals surface area contributed by atoms with Crippen LogP contribution in [-0.2, 0) is 4.74 Å². The number of methoxy groups -OCH3 is 1. The van der Waals surface area contributed by atoms with Gasteiger partial charge in [0, 0.05) is 37.3 Å². The van der Waals surface area contributed by atoms with Gasteiger partial charge >= 0.3 is 0 Å². The van der Waals surface area contributed by atoms with E-state index in [9.17, 15) is 0 Å². The number of hydrogen-bond acceptors (Lipinski definition) is 4. The van der Waals surface area contributed by atoms with Crippen LogP contribution in [0.1, 0.15) is 38.3 Å². The van der Waals surface area contributed by atoms with E-state index in [0.29, 0.717) is 6.04 Å². The lowest BCUT2D eigenvalue weighted by Gasteiger charge is -2.16. The van der Waals surface area contributed by atoms with Crippen LogP contribution < -0.4 is 5.32 Å². The molecule has 0 aromatic carbocycles. The highest BCUT2D eigenvalue weighted by atomic mass is 32.2. The molecule has 1 aromatic rings. The van der Waals surface area contributed by atoms with Crippen molar-refractivity contribution >= 4 is 11.8 Å². The molecule has 0 saturated heterocycles. The summed E-state index contributed by atoms with van der Waals surface area (Å²) in [7, 11) is 1.74. The second kappa shape index (κ2) is 9.36. The third-order valence-electron chi connectivity index (χ3n) is 2.70. The average Bonchev–Trinajstić information content (AvgIpc) is 2.41. The highest BCUT2D eigenvalue weighted by Crippen LogP contribution is 2.25. The van der Waals surface area contributed by atoms with Gasteiger partial charge in [0.1, 0.15) is 5.03 Å². The van der Waals surface area contributed by atoms with E-state index in [1.54, 1.807) is 7.11 Å². The van der Waals surface area contributed by atoms with E-state index in [-0.39, 0.29) is 0 Å². The van der Waals surface area contributed by atoms with Crippen LogP contribution in [0.15, 0.2) is 23.4 Å². The molecule has 0 aliphatic rings.